The van der Waals surface area contributed by atoms with Crippen LogP contribution in [0.5, 0.6) is 0 Å². The zero-order valence-electron chi connectivity index (χ0n) is 17.2. The van der Waals surface area contributed by atoms with Gasteiger partial charge < -0.3 is 4.74 Å². The third-order valence-corrected chi connectivity index (χ3v) is 7.01. The number of sulfonamides is 1. The summed E-state index contributed by atoms with van der Waals surface area (Å²) in [6.07, 6.45) is 1.45. The average Bonchev–Trinajstić information content (AvgIpc) is 2.79. The van der Waals surface area contributed by atoms with Crippen LogP contribution < -0.4 is 0 Å². The van der Waals surface area contributed by atoms with Crippen molar-refractivity contribution in [3.05, 3.63) is 101 Å². The van der Waals surface area contributed by atoms with E-state index in [4.69, 9.17) is 16.3 Å². The molecule has 0 fully saturated rings. The maximum absolute atomic E-state index is 13.3. The Balaban J connectivity index is 1.80. The molecule has 0 saturated heterocycles. The summed E-state index contributed by atoms with van der Waals surface area (Å²) in [6.45, 7) is 0.555. The van der Waals surface area contributed by atoms with Crippen LogP contribution in [0.4, 0.5) is 0 Å². The second-order valence-corrected chi connectivity index (χ2v) is 9.44. The summed E-state index contributed by atoms with van der Waals surface area (Å²) in [5.41, 5.74) is 2.36. The minimum Gasteiger partial charge on any atom is -0.465 e. The van der Waals surface area contributed by atoms with E-state index in [0.29, 0.717) is 23.6 Å². The number of aryl methyl sites for hydroxylation is 1. The molecule has 7 heteroatoms. The van der Waals surface area contributed by atoms with Crippen LogP contribution in [0.1, 0.15) is 27.9 Å². The highest BCUT2D eigenvalue weighted by atomic mass is 35.5. The van der Waals surface area contributed by atoms with E-state index in [-0.39, 0.29) is 11.4 Å². The van der Waals surface area contributed by atoms with Crippen LogP contribution in [0.3, 0.4) is 0 Å². The third-order valence-electron chi connectivity index (χ3n) is 4.90. The van der Waals surface area contributed by atoms with Crippen molar-refractivity contribution in [1.29, 1.82) is 0 Å². The number of hydrogen-bond acceptors (Lipinski definition) is 4. The van der Waals surface area contributed by atoms with E-state index in [9.17, 15) is 13.2 Å². The Hall–Kier alpha value is -2.67. The van der Waals surface area contributed by atoms with Gasteiger partial charge in [-0.15, -0.1) is 0 Å². The van der Waals surface area contributed by atoms with E-state index in [1.807, 2.05) is 30.3 Å². The maximum atomic E-state index is 13.3. The molecule has 3 aromatic rings. The Morgan fingerprint density at radius 1 is 0.903 bits per heavy atom. The van der Waals surface area contributed by atoms with Gasteiger partial charge in [-0.1, -0.05) is 54.1 Å². The summed E-state index contributed by atoms with van der Waals surface area (Å²) in [5.74, 6) is -0.431. The topological polar surface area (TPSA) is 63.7 Å². The van der Waals surface area contributed by atoms with Gasteiger partial charge in [0.2, 0.25) is 10.0 Å². The molecule has 0 aliphatic heterocycles. The number of carbonyl (C=O) groups is 1. The van der Waals surface area contributed by atoms with Gasteiger partial charge in [0.15, 0.2) is 0 Å². The van der Waals surface area contributed by atoms with Gasteiger partial charge >= 0.3 is 5.97 Å². The minimum atomic E-state index is -3.72. The van der Waals surface area contributed by atoms with E-state index in [1.54, 1.807) is 36.4 Å². The van der Waals surface area contributed by atoms with Crippen LogP contribution in [-0.4, -0.2) is 32.3 Å². The van der Waals surface area contributed by atoms with Crippen molar-refractivity contribution in [2.75, 3.05) is 13.7 Å². The monoisotopic (exact) mass is 457 g/mol. The van der Waals surface area contributed by atoms with E-state index in [0.717, 1.165) is 17.5 Å². The molecule has 3 aromatic carbocycles. The number of ether oxygens (including phenoxy) is 1. The summed E-state index contributed by atoms with van der Waals surface area (Å²) >= 11 is 5.93. The molecular weight excluding hydrogens is 434 g/mol. The predicted octanol–water partition coefficient (Wildman–Crippen LogP) is 4.95. The molecule has 3 rings (SSSR count). The minimum absolute atomic E-state index is 0.196. The molecule has 0 amide bonds. The number of nitrogens with zero attached hydrogens (tertiary/aromatic N) is 1. The Morgan fingerprint density at radius 3 is 2.16 bits per heavy atom. The van der Waals surface area contributed by atoms with Crippen molar-refractivity contribution in [1.82, 2.24) is 4.31 Å². The van der Waals surface area contributed by atoms with Gasteiger partial charge in [-0.05, 0) is 60.4 Å². The van der Waals surface area contributed by atoms with Gasteiger partial charge in [-0.2, -0.15) is 4.31 Å². The van der Waals surface area contributed by atoms with Crippen LogP contribution in [-0.2, 0) is 27.7 Å². The molecule has 0 heterocycles. The fourth-order valence-corrected chi connectivity index (χ4v) is 4.80. The number of halogens is 1. The first-order valence-electron chi connectivity index (χ1n) is 9.87. The lowest BCUT2D eigenvalue weighted by atomic mass is 10.1. The Labute approximate surface area is 188 Å². The van der Waals surface area contributed by atoms with Crippen molar-refractivity contribution < 1.29 is 17.9 Å². The fraction of sp³-hybridized carbons (Fsp3) is 0.208. The lowest BCUT2D eigenvalue weighted by Crippen LogP contribution is -2.32. The normalized spacial score (nSPS) is 11.5. The number of benzene rings is 3. The fourth-order valence-electron chi connectivity index (χ4n) is 3.21. The molecule has 0 unspecified atom stereocenters. The van der Waals surface area contributed by atoms with Crippen LogP contribution in [0, 0.1) is 0 Å². The molecule has 0 aromatic heterocycles. The quantitative estimate of drug-likeness (QED) is 0.426. The molecule has 162 valence electrons. The molecule has 0 aliphatic rings. The molecular formula is C24H24ClNO4S. The van der Waals surface area contributed by atoms with Crippen LogP contribution in [0.15, 0.2) is 83.8 Å². The Morgan fingerprint density at radius 2 is 1.55 bits per heavy atom. The molecule has 0 atom stereocenters. The first-order valence-corrected chi connectivity index (χ1v) is 11.7. The van der Waals surface area contributed by atoms with Crippen molar-refractivity contribution in [3.63, 3.8) is 0 Å². The van der Waals surface area contributed by atoms with Crippen LogP contribution in [0.2, 0.25) is 5.02 Å². The Kier molecular flexibility index (Phi) is 7.85. The number of carbonyl (C=O) groups excluding carboxylic acids is 1. The van der Waals surface area contributed by atoms with E-state index in [2.05, 4.69) is 0 Å². The molecule has 0 radical (unpaired) electrons. The maximum Gasteiger partial charge on any atom is 0.337 e. The molecule has 0 aliphatic carbocycles. The van der Waals surface area contributed by atoms with Gasteiger partial charge in [0, 0.05) is 18.1 Å². The zero-order valence-corrected chi connectivity index (χ0v) is 18.8. The predicted molar refractivity (Wildman–Crippen MR) is 122 cm³/mol. The zero-order chi connectivity index (χ0) is 22.3. The van der Waals surface area contributed by atoms with Crippen LogP contribution in [0.25, 0.3) is 0 Å². The lowest BCUT2D eigenvalue weighted by Gasteiger charge is -2.22. The summed E-state index contributed by atoms with van der Waals surface area (Å²) in [4.78, 5) is 11.9. The van der Waals surface area contributed by atoms with Crippen LogP contribution >= 0.6 is 11.6 Å². The lowest BCUT2D eigenvalue weighted by molar-refractivity contribution is 0.0600. The molecule has 5 nitrogen and oxygen atoms in total. The van der Waals surface area contributed by atoms with E-state index >= 15 is 0 Å². The van der Waals surface area contributed by atoms with E-state index in [1.165, 1.54) is 23.5 Å². The first kappa shape index (κ1) is 23.0. The highest BCUT2D eigenvalue weighted by Crippen LogP contribution is 2.21. The summed E-state index contributed by atoms with van der Waals surface area (Å²) in [5, 5.41) is 0.480. The van der Waals surface area contributed by atoms with Gasteiger partial charge in [-0.25, -0.2) is 13.2 Å². The second kappa shape index (κ2) is 10.6. The van der Waals surface area contributed by atoms with Gasteiger partial charge in [-0.3, -0.25) is 0 Å². The van der Waals surface area contributed by atoms with Crippen molar-refractivity contribution in [2.24, 2.45) is 0 Å². The molecule has 0 N–H and O–H groups in total. The second-order valence-electron chi connectivity index (χ2n) is 7.07. The third kappa shape index (κ3) is 6.17. The van der Waals surface area contributed by atoms with Gasteiger partial charge in [0.1, 0.15) is 0 Å². The molecule has 0 saturated carbocycles. The largest absolute Gasteiger partial charge is 0.465 e. The highest BCUT2D eigenvalue weighted by molar-refractivity contribution is 7.89. The summed E-state index contributed by atoms with van der Waals surface area (Å²) < 4.78 is 32.8. The molecule has 0 bridgehead atoms. The smallest absolute Gasteiger partial charge is 0.337 e. The summed E-state index contributed by atoms with van der Waals surface area (Å²) in [7, 11) is -2.40. The Bertz CT molecular complexity index is 1100. The average molecular weight is 458 g/mol. The first-order chi connectivity index (χ1) is 14.9. The van der Waals surface area contributed by atoms with Gasteiger partial charge in [0.05, 0.1) is 17.6 Å². The SMILES string of the molecule is COC(=O)c1ccc(CN(CCCc2ccccc2)S(=O)(=O)c2ccc(Cl)cc2)cc1. The number of hydrogen-bond donors (Lipinski definition) is 0. The molecule has 0 spiro atoms. The standard InChI is InChI=1S/C24H24ClNO4S/c1-30-24(27)21-11-9-20(10-12-21)18-26(17-5-8-19-6-3-2-4-7-19)31(28,29)23-15-13-22(25)14-16-23/h2-4,6-7,9-16H,5,8,17-18H2,1H3. The van der Waals surface area contributed by atoms with Crippen molar-refractivity contribution >= 4 is 27.6 Å². The molecule has 31 heavy (non-hydrogen) atoms. The number of esters is 1. The number of methoxy groups -OCH3 is 1. The van der Waals surface area contributed by atoms with Crippen molar-refractivity contribution in [2.45, 2.75) is 24.3 Å². The highest BCUT2D eigenvalue weighted by Gasteiger charge is 2.24. The summed E-state index contributed by atoms with van der Waals surface area (Å²) in [6, 6.07) is 22.9. The van der Waals surface area contributed by atoms with Gasteiger partial charge in [0.25, 0.3) is 0 Å². The van der Waals surface area contributed by atoms with E-state index < -0.39 is 16.0 Å². The van der Waals surface area contributed by atoms with Crippen molar-refractivity contribution in [3.8, 4) is 0 Å². The number of rotatable bonds is 9.